The van der Waals surface area contributed by atoms with Gasteiger partial charge in [-0.1, -0.05) is 30.3 Å². The lowest BCUT2D eigenvalue weighted by atomic mass is 9.99. The van der Waals surface area contributed by atoms with Crippen LogP contribution in [-0.4, -0.2) is 10.2 Å². The normalized spacial score (nSPS) is 10.8. The van der Waals surface area contributed by atoms with E-state index in [4.69, 9.17) is 10.5 Å². The highest BCUT2D eigenvalue weighted by molar-refractivity contribution is 7.11. The number of nitrogens with zero attached hydrogens (tertiary/aromatic N) is 2. The third-order valence-electron chi connectivity index (χ3n) is 2.56. The van der Waals surface area contributed by atoms with Crippen LogP contribution in [0.5, 0.6) is 10.9 Å². The van der Waals surface area contributed by atoms with Gasteiger partial charge in [0.05, 0.1) is 0 Å². The molecule has 2 aromatic rings. The van der Waals surface area contributed by atoms with Gasteiger partial charge in [-0.25, -0.2) is 0 Å². The van der Waals surface area contributed by atoms with E-state index in [-0.39, 0.29) is 0 Å². The molecule has 1 aromatic carbocycles. The SMILES string of the molecule is Cc1cc(Oc2nncs2)c(C(C)C)cc1N. The van der Waals surface area contributed by atoms with E-state index in [1.54, 1.807) is 5.51 Å². The van der Waals surface area contributed by atoms with Crippen molar-refractivity contribution in [3.8, 4) is 10.9 Å². The minimum Gasteiger partial charge on any atom is -0.429 e. The third kappa shape index (κ3) is 2.55. The molecule has 0 aliphatic rings. The summed E-state index contributed by atoms with van der Waals surface area (Å²) in [7, 11) is 0. The van der Waals surface area contributed by atoms with Gasteiger partial charge in [-0.3, -0.25) is 0 Å². The monoisotopic (exact) mass is 249 g/mol. The van der Waals surface area contributed by atoms with Crippen molar-refractivity contribution in [3.63, 3.8) is 0 Å². The summed E-state index contributed by atoms with van der Waals surface area (Å²) in [4.78, 5) is 0. The summed E-state index contributed by atoms with van der Waals surface area (Å²) in [6.07, 6.45) is 0. The Kier molecular flexibility index (Phi) is 3.28. The van der Waals surface area contributed by atoms with Gasteiger partial charge in [-0.05, 0) is 36.1 Å². The lowest BCUT2D eigenvalue weighted by molar-refractivity contribution is 0.464. The molecule has 2 rings (SSSR count). The van der Waals surface area contributed by atoms with E-state index in [2.05, 4.69) is 24.0 Å². The van der Waals surface area contributed by atoms with Crippen LogP contribution < -0.4 is 10.5 Å². The Morgan fingerprint density at radius 3 is 2.71 bits per heavy atom. The molecule has 0 saturated heterocycles. The molecule has 0 bridgehead atoms. The van der Waals surface area contributed by atoms with Crippen LogP contribution in [0.25, 0.3) is 0 Å². The van der Waals surface area contributed by atoms with Gasteiger partial charge in [-0.2, -0.15) is 0 Å². The van der Waals surface area contributed by atoms with Crippen LogP contribution in [0.15, 0.2) is 17.6 Å². The van der Waals surface area contributed by atoms with E-state index in [0.717, 1.165) is 22.6 Å². The van der Waals surface area contributed by atoms with Crippen LogP contribution in [0.4, 0.5) is 5.69 Å². The number of nitrogen functional groups attached to an aromatic ring is 1. The second-order valence-corrected chi connectivity index (χ2v) is 5.00. The molecule has 0 aliphatic heterocycles. The zero-order valence-electron chi connectivity index (χ0n) is 10.1. The molecular weight excluding hydrogens is 234 g/mol. The largest absolute Gasteiger partial charge is 0.429 e. The predicted molar refractivity (Wildman–Crippen MR) is 69.7 cm³/mol. The van der Waals surface area contributed by atoms with Crippen LogP contribution in [0, 0.1) is 6.92 Å². The number of rotatable bonds is 3. The number of hydrogen-bond acceptors (Lipinski definition) is 5. The summed E-state index contributed by atoms with van der Waals surface area (Å²) in [5, 5.41) is 8.18. The Balaban J connectivity index is 2.41. The molecule has 0 saturated carbocycles. The third-order valence-corrected chi connectivity index (χ3v) is 3.12. The Morgan fingerprint density at radius 2 is 2.12 bits per heavy atom. The zero-order chi connectivity index (χ0) is 12.4. The molecule has 0 atom stereocenters. The van der Waals surface area contributed by atoms with Crippen LogP contribution in [0.2, 0.25) is 0 Å². The van der Waals surface area contributed by atoms with Crippen molar-refractivity contribution in [1.29, 1.82) is 0 Å². The molecule has 4 nitrogen and oxygen atoms in total. The average molecular weight is 249 g/mol. The summed E-state index contributed by atoms with van der Waals surface area (Å²) in [6.45, 7) is 6.18. The van der Waals surface area contributed by atoms with Crippen LogP contribution in [0.3, 0.4) is 0 Å². The maximum atomic E-state index is 5.92. The van der Waals surface area contributed by atoms with Crippen LogP contribution in [-0.2, 0) is 0 Å². The second kappa shape index (κ2) is 4.71. The van der Waals surface area contributed by atoms with Crippen molar-refractivity contribution >= 4 is 17.0 Å². The first kappa shape index (κ1) is 11.9. The molecular formula is C12H15N3OS. The molecule has 0 amide bonds. The van der Waals surface area contributed by atoms with E-state index in [0.29, 0.717) is 11.1 Å². The Morgan fingerprint density at radius 1 is 1.35 bits per heavy atom. The van der Waals surface area contributed by atoms with Gasteiger partial charge in [0.1, 0.15) is 11.3 Å². The molecule has 0 fully saturated rings. The molecule has 17 heavy (non-hydrogen) atoms. The summed E-state index contributed by atoms with van der Waals surface area (Å²) in [5.74, 6) is 1.16. The number of hydrogen-bond donors (Lipinski definition) is 1. The fraction of sp³-hybridized carbons (Fsp3) is 0.333. The number of anilines is 1. The summed E-state index contributed by atoms with van der Waals surface area (Å²) >= 11 is 1.37. The van der Waals surface area contributed by atoms with E-state index in [1.807, 2.05) is 19.1 Å². The van der Waals surface area contributed by atoms with Crippen molar-refractivity contribution in [2.24, 2.45) is 0 Å². The van der Waals surface area contributed by atoms with Crippen molar-refractivity contribution in [3.05, 3.63) is 28.8 Å². The maximum absolute atomic E-state index is 5.92. The first-order valence-electron chi connectivity index (χ1n) is 5.42. The second-order valence-electron chi connectivity index (χ2n) is 4.21. The predicted octanol–water partition coefficient (Wildman–Crippen LogP) is 3.34. The number of nitrogens with two attached hydrogens (primary N) is 1. The molecule has 0 aliphatic carbocycles. The van der Waals surface area contributed by atoms with Gasteiger partial charge in [0.25, 0.3) is 5.19 Å². The molecule has 0 radical (unpaired) electrons. The van der Waals surface area contributed by atoms with Gasteiger partial charge in [0.15, 0.2) is 0 Å². The lowest BCUT2D eigenvalue weighted by Gasteiger charge is -2.14. The fourth-order valence-corrected chi connectivity index (χ4v) is 1.97. The molecule has 90 valence electrons. The highest BCUT2D eigenvalue weighted by atomic mass is 32.1. The topological polar surface area (TPSA) is 61.0 Å². The maximum Gasteiger partial charge on any atom is 0.299 e. The summed E-state index contributed by atoms with van der Waals surface area (Å²) in [6, 6.07) is 3.92. The van der Waals surface area contributed by atoms with Gasteiger partial charge < -0.3 is 10.5 Å². The highest BCUT2D eigenvalue weighted by Crippen LogP contribution is 2.34. The Bertz CT molecular complexity index is 509. The fourth-order valence-electron chi connectivity index (χ4n) is 1.56. The number of aryl methyl sites for hydroxylation is 1. The number of aromatic nitrogens is 2. The van der Waals surface area contributed by atoms with Gasteiger partial charge >= 0.3 is 0 Å². The smallest absolute Gasteiger partial charge is 0.299 e. The summed E-state index contributed by atoms with van der Waals surface area (Å²) in [5.41, 5.74) is 10.5. The van der Waals surface area contributed by atoms with Crippen LogP contribution >= 0.6 is 11.3 Å². The molecule has 0 unspecified atom stereocenters. The molecule has 2 N–H and O–H groups in total. The van der Waals surface area contributed by atoms with Gasteiger partial charge in [-0.15, -0.1) is 5.10 Å². The lowest BCUT2D eigenvalue weighted by Crippen LogP contribution is -1.98. The standard InChI is InChI=1S/C12H15N3OS/c1-7(2)9-5-10(13)8(3)4-11(9)16-12-15-14-6-17-12/h4-7H,13H2,1-3H3. The van der Waals surface area contributed by atoms with Gasteiger partial charge in [0.2, 0.25) is 0 Å². The minimum atomic E-state index is 0.348. The molecule has 1 aromatic heterocycles. The Hall–Kier alpha value is -1.62. The van der Waals surface area contributed by atoms with Crippen molar-refractivity contribution < 1.29 is 4.74 Å². The van der Waals surface area contributed by atoms with Crippen molar-refractivity contribution in [2.75, 3.05) is 5.73 Å². The highest BCUT2D eigenvalue weighted by Gasteiger charge is 2.12. The molecule has 1 heterocycles. The zero-order valence-corrected chi connectivity index (χ0v) is 10.9. The number of benzene rings is 1. The van der Waals surface area contributed by atoms with E-state index >= 15 is 0 Å². The van der Waals surface area contributed by atoms with Crippen LogP contribution in [0.1, 0.15) is 30.9 Å². The van der Waals surface area contributed by atoms with E-state index < -0.39 is 0 Å². The Labute approximate surface area is 104 Å². The minimum absolute atomic E-state index is 0.348. The quantitative estimate of drug-likeness (QED) is 0.847. The van der Waals surface area contributed by atoms with Gasteiger partial charge in [0, 0.05) is 5.69 Å². The average Bonchev–Trinajstić information content (AvgIpc) is 2.75. The summed E-state index contributed by atoms with van der Waals surface area (Å²) < 4.78 is 5.74. The van der Waals surface area contributed by atoms with Crippen molar-refractivity contribution in [2.45, 2.75) is 26.7 Å². The van der Waals surface area contributed by atoms with Crippen molar-refractivity contribution in [1.82, 2.24) is 10.2 Å². The van der Waals surface area contributed by atoms with E-state index in [1.165, 1.54) is 11.3 Å². The molecule has 0 spiro atoms. The first-order valence-corrected chi connectivity index (χ1v) is 6.30. The number of ether oxygens (including phenoxy) is 1. The first-order chi connectivity index (χ1) is 8.08. The van der Waals surface area contributed by atoms with E-state index in [9.17, 15) is 0 Å². The molecule has 5 heteroatoms.